The van der Waals surface area contributed by atoms with E-state index in [4.69, 9.17) is 4.42 Å². The number of benzene rings is 1. The van der Waals surface area contributed by atoms with E-state index in [1.165, 1.54) is 24.0 Å². The van der Waals surface area contributed by atoms with Crippen molar-refractivity contribution in [3.05, 3.63) is 47.7 Å². The van der Waals surface area contributed by atoms with Gasteiger partial charge in [-0.2, -0.15) is 0 Å². The molecule has 1 heterocycles. The van der Waals surface area contributed by atoms with Crippen molar-refractivity contribution in [1.82, 2.24) is 5.32 Å². The summed E-state index contributed by atoms with van der Waals surface area (Å²) in [5, 5.41) is 3.48. The van der Waals surface area contributed by atoms with Crippen LogP contribution in [0.25, 0.3) is 11.3 Å². The fourth-order valence-corrected chi connectivity index (χ4v) is 2.40. The van der Waals surface area contributed by atoms with E-state index in [1.807, 2.05) is 0 Å². The molecule has 0 aliphatic heterocycles. The standard InChI is InChI=1S/C17H21NO/c1-2-5-13-6-3-4-7-16(13)17-11-10-15(19-17)12-18-14-8-9-14/h3-4,6-7,10-11,14,18H,2,5,8-9,12H2,1H3. The minimum absolute atomic E-state index is 0.723. The smallest absolute Gasteiger partial charge is 0.134 e. The second-order valence-corrected chi connectivity index (χ2v) is 5.33. The lowest BCUT2D eigenvalue weighted by Crippen LogP contribution is -2.14. The van der Waals surface area contributed by atoms with Crippen molar-refractivity contribution in [2.75, 3.05) is 0 Å². The van der Waals surface area contributed by atoms with Gasteiger partial charge in [0.1, 0.15) is 11.5 Å². The third kappa shape index (κ3) is 3.07. The molecule has 0 atom stereocenters. The van der Waals surface area contributed by atoms with E-state index in [0.717, 1.165) is 36.9 Å². The molecule has 100 valence electrons. The van der Waals surface area contributed by atoms with Crippen molar-refractivity contribution in [3.63, 3.8) is 0 Å². The number of nitrogens with one attached hydrogen (secondary N) is 1. The normalized spacial score (nSPS) is 14.8. The van der Waals surface area contributed by atoms with Gasteiger partial charge in [-0.05, 0) is 37.0 Å². The molecule has 19 heavy (non-hydrogen) atoms. The predicted octanol–water partition coefficient (Wildman–Crippen LogP) is 4.15. The fourth-order valence-electron chi connectivity index (χ4n) is 2.40. The Labute approximate surface area is 114 Å². The number of furan rings is 1. The predicted molar refractivity (Wildman–Crippen MR) is 78.0 cm³/mol. The highest BCUT2D eigenvalue weighted by molar-refractivity contribution is 5.62. The molecule has 0 radical (unpaired) electrons. The van der Waals surface area contributed by atoms with E-state index in [0.29, 0.717) is 0 Å². The minimum Gasteiger partial charge on any atom is -0.460 e. The second-order valence-electron chi connectivity index (χ2n) is 5.33. The number of rotatable bonds is 6. The first-order valence-corrected chi connectivity index (χ1v) is 7.27. The summed E-state index contributed by atoms with van der Waals surface area (Å²) in [6, 6.07) is 13.4. The van der Waals surface area contributed by atoms with Crippen molar-refractivity contribution in [3.8, 4) is 11.3 Å². The zero-order chi connectivity index (χ0) is 13.1. The average Bonchev–Trinajstić information content (AvgIpc) is 3.15. The van der Waals surface area contributed by atoms with Crippen molar-refractivity contribution < 1.29 is 4.42 Å². The molecule has 2 heteroatoms. The molecule has 2 nitrogen and oxygen atoms in total. The monoisotopic (exact) mass is 255 g/mol. The Hall–Kier alpha value is -1.54. The van der Waals surface area contributed by atoms with Crippen LogP contribution in [0.4, 0.5) is 0 Å². The molecule has 0 bridgehead atoms. The van der Waals surface area contributed by atoms with Gasteiger partial charge in [-0.15, -0.1) is 0 Å². The van der Waals surface area contributed by atoms with Crippen molar-refractivity contribution in [2.45, 2.75) is 45.2 Å². The zero-order valence-electron chi connectivity index (χ0n) is 11.5. The molecule has 3 rings (SSSR count). The van der Waals surface area contributed by atoms with Crippen molar-refractivity contribution >= 4 is 0 Å². The molecule has 1 aromatic carbocycles. The lowest BCUT2D eigenvalue weighted by Gasteiger charge is -2.06. The van der Waals surface area contributed by atoms with Gasteiger partial charge in [0.25, 0.3) is 0 Å². The summed E-state index contributed by atoms with van der Waals surface area (Å²) in [4.78, 5) is 0. The Bertz CT molecular complexity index is 540. The second kappa shape index (κ2) is 5.62. The molecule has 0 spiro atoms. The van der Waals surface area contributed by atoms with Gasteiger partial charge in [-0.1, -0.05) is 37.6 Å². The summed E-state index contributed by atoms with van der Waals surface area (Å²) in [6.45, 7) is 3.06. The third-order valence-electron chi connectivity index (χ3n) is 3.61. The maximum atomic E-state index is 5.97. The molecule has 1 fully saturated rings. The molecule has 2 aromatic rings. The molecule has 1 aromatic heterocycles. The quantitative estimate of drug-likeness (QED) is 0.838. The molecule has 0 unspecified atom stereocenters. The maximum absolute atomic E-state index is 5.97. The maximum Gasteiger partial charge on any atom is 0.134 e. The van der Waals surface area contributed by atoms with Crippen LogP contribution >= 0.6 is 0 Å². The first-order chi connectivity index (χ1) is 9.36. The lowest BCUT2D eigenvalue weighted by molar-refractivity contribution is 0.492. The van der Waals surface area contributed by atoms with E-state index in [9.17, 15) is 0 Å². The highest BCUT2D eigenvalue weighted by Gasteiger charge is 2.20. The van der Waals surface area contributed by atoms with E-state index in [2.05, 4.69) is 48.6 Å². The van der Waals surface area contributed by atoms with Gasteiger partial charge in [0.2, 0.25) is 0 Å². The van der Waals surface area contributed by atoms with Crippen LogP contribution in [0.2, 0.25) is 0 Å². The van der Waals surface area contributed by atoms with Crippen LogP contribution < -0.4 is 5.32 Å². The molecule has 1 saturated carbocycles. The third-order valence-corrected chi connectivity index (χ3v) is 3.61. The summed E-state index contributed by atoms with van der Waals surface area (Å²) in [5.74, 6) is 2.03. The molecule has 1 N–H and O–H groups in total. The Morgan fingerprint density at radius 2 is 2.00 bits per heavy atom. The summed E-state index contributed by atoms with van der Waals surface area (Å²) >= 11 is 0. The van der Waals surface area contributed by atoms with Crippen LogP contribution in [-0.4, -0.2) is 6.04 Å². The summed E-state index contributed by atoms with van der Waals surface area (Å²) < 4.78 is 5.97. The van der Waals surface area contributed by atoms with Crippen LogP contribution in [0.15, 0.2) is 40.8 Å². The van der Waals surface area contributed by atoms with Crippen molar-refractivity contribution in [1.29, 1.82) is 0 Å². The first-order valence-electron chi connectivity index (χ1n) is 7.27. The highest BCUT2D eigenvalue weighted by atomic mass is 16.3. The molecular formula is C17H21NO. The van der Waals surface area contributed by atoms with E-state index >= 15 is 0 Å². The molecular weight excluding hydrogens is 234 g/mol. The van der Waals surface area contributed by atoms with Crippen LogP contribution in [-0.2, 0) is 13.0 Å². The Morgan fingerprint density at radius 1 is 1.16 bits per heavy atom. The van der Waals surface area contributed by atoms with Crippen LogP contribution in [0.1, 0.15) is 37.5 Å². The number of hydrogen-bond acceptors (Lipinski definition) is 2. The average molecular weight is 255 g/mol. The van der Waals surface area contributed by atoms with Gasteiger partial charge in [0.05, 0.1) is 6.54 Å². The van der Waals surface area contributed by atoms with E-state index in [1.54, 1.807) is 0 Å². The number of hydrogen-bond donors (Lipinski definition) is 1. The summed E-state index contributed by atoms with van der Waals surface area (Å²) in [7, 11) is 0. The van der Waals surface area contributed by atoms with Crippen LogP contribution in [0.5, 0.6) is 0 Å². The highest BCUT2D eigenvalue weighted by Crippen LogP contribution is 2.27. The summed E-state index contributed by atoms with van der Waals surface area (Å²) in [5.41, 5.74) is 2.61. The SMILES string of the molecule is CCCc1ccccc1-c1ccc(CNC2CC2)o1. The van der Waals surface area contributed by atoms with Gasteiger partial charge in [0, 0.05) is 11.6 Å². The molecule has 0 amide bonds. The lowest BCUT2D eigenvalue weighted by atomic mass is 10.0. The van der Waals surface area contributed by atoms with Gasteiger partial charge >= 0.3 is 0 Å². The van der Waals surface area contributed by atoms with Gasteiger partial charge in [0.15, 0.2) is 0 Å². The Kier molecular flexibility index (Phi) is 3.69. The minimum atomic E-state index is 0.723. The Balaban J connectivity index is 1.77. The topological polar surface area (TPSA) is 25.2 Å². The largest absolute Gasteiger partial charge is 0.460 e. The Morgan fingerprint density at radius 3 is 2.79 bits per heavy atom. The number of aryl methyl sites for hydroxylation is 1. The molecule has 1 aliphatic rings. The fraction of sp³-hybridized carbons (Fsp3) is 0.412. The van der Waals surface area contributed by atoms with Gasteiger partial charge in [-0.3, -0.25) is 0 Å². The zero-order valence-corrected chi connectivity index (χ0v) is 11.5. The van der Waals surface area contributed by atoms with Gasteiger partial charge < -0.3 is 9.73 Å². The summed E-state index contributed by atoms with van der Waals surface area (Å²) in [6.07, 6.45) is 4.89. The van der Waals surface area contributed by atoms with Crippen LogP contribution in [0.3, 0.4) is 0 Å². The molecule has 1 aliphatic carbocycles. The van der Waals surface area contributed by atoms with Gasteiger partial charge in [-0.25, -0.2) is 0 Å². The van der Waals surface area contributed by atoms with Crippen LogP contribution in [0, 0.1) is 0 Å². The van der Waals surface area contributed by atoms with Crippen molar-refractivity contribution in [2.24, 2.45) is 0 Å². The van der Waals surface area contributed by atoms with E-state index < -0.39 is 0 Å². The first kappa shape index (κ1) is 12.5. The molecule has 0 saturated heterocycles. The van der Waals surface area contributed by atoms with E-state index in [-0.39, 0.29) is 0 Å².